The summed E-state index contributed by atoms with van der Waals surface area (Å²) in [7, 11) is -1.26. The number of nitrogens with two attached hydrogens (primary N) is 1. The van der Waals surface area contributed by atoms with Gasteiger partial charge in [-0.1, -0.05) is 22.6 Å². The van der Waals surface area contributed by atoms with E-state index < -0.39 is 37.7 Å². The Morgan fingerprint density at radius 1 is 1.65 bits per heavy atom. The van der Waals surface area contributed by atoms with E-state index in [2.05, 4.69) is 28.5 Å². The predicted molar refractivity (Wildman–Crippen MR) is 101 cm³/mol. The van der Waals surface area contributed by atoms with Gasteiger partial charge in [0, 0.05) is 12.6 Å². The first-order valence-corrected chi connectivity index (χ1v) is 11.0. The van der Waals surface area contributed by atoms with Crippen LogP contribution in [-0.4, -0.2) is 44.8 Å². The second-order valence-corrected chi connectivity index (χ2v) is 8.04. The van der Waals surface area contributed by atoms with Crippen molar-refractivity contribution >= 4 is 30.5 Å². The smallest absolute Gasteiger partial charge is 0.361 e. The van der Waals surface area contributed by atoms with Gasteiger partial charge < -0.3 is 15.2 Å². The van der Waals surface area contributed by atoms with Crippen LogP contribution in [0.2, 0.25) is 0 Å². The molecule has 0 amide bonds. The summed E-state index contributed by atoms with van der Waals surface area (Å²) < 4.78 is 24.0. The first-order valence-electron chi connectivity index (χ1n) is 7.64. The van der Waals surface area contributed by atoms with Gasteiger partial charge >= 0.3 is 13.7 Å². The Morgan fingerprint density at radius 2 is 2.38 bits per heavy atom. The van der Waals surface area contributed by atoms with Crippen LogP contribution in [0.1, 0.15) is 25.1 Å². The van der Waals surface area contributed by atoms with Crippen molar-refractivity contribution in [3.63, 3.8) is 0 Å². The molecule has 1 fully saturated rings. The van der Waals surface area contributed by atoms with Gasteiger partial charge in [-0.25, -0.2) is 4.79 Å². The Kier molecular flexibility index (Phi) is 7.91. The van der Waals surface area contributed by atoms with E-state index in [0.717, 1.165) is 0 Å². The van der Waals surface area contributed by atoms with Gasteiger partial charge in [-0.05, 0) is 11.5 Å². The summed E-state index contributed by atoms with van der Waals surface area (Å²) in [5, 5.41) is 0. The summed E-state index contributed by atoms with van der Waals surface area (Å²) in [6, 6.07) is 0. The van der Waals surface area contributed by atoms with Crippen molar-refractivity contribution in [1.82, 2.24) is 9.55 Å². The number of nitrogens with zero attached hydrogens (tertiary/aromatic N) is 1. The van der Waals surface area contributed by atoms with Gasteiger partial charge in [0.15, 0.2) is 0 Å². The predicted octanol–water partition coefficient (Wildman–Crippen LogP) is 0.178. The Bertz CT molecular complexity index is 832. The van der Waals surface area contributed by atoms with Crippen molar-refractivity contribution in [1.29, 1.82) is 0 Å². The molecule has 12 heteroatoms. The van der Waals surface area contributed by atoms with Crippen molar-refractivity contribution in [2.75, 3.05) is 12.7 Å². The highest BCUT2D eigenvalue weighted by Gasteiger charge is 2.42. The van der Waals surface area contributed by atoms with Crippen LogP contribution in [0, 0.1) is 11.8 Å². The maximum atomic E-state index is 12.2. The second-order valence-electron chi connectivity index (χ2n) is 5.46. The summed E-state index contributed by atoms with van der Waals surface area (Å²) in [5.74, 6) is 5.15. The third-order valence-corrected chi connectivity index (χ3v) is 5.61. The van der Waals surface area contributed by atoms with Gasteiger partial charge in [0.05, 0.1) is 12.6 Å². The molecule has 0 bridgehead atoms. The highest BCUT2D eigenvalue weighted by atomic mass is 33.1. The van der Waals surface area contributed by atoms with Crippen molar-refractivity contribution in [2.24, 2.45) is 5.73 Å². The molecule has 142 valence electrons. The molecule has 1 aromatic rings. The lowest BCUT2D eigenvalue weighted by atomic mass is 10.2. The molecule has 26 heavy (non-hydrogen) atoms. The van der Waals surface area contributed by atoms with E-state index in [1.165, 1.54) is 21.6 Å². The quantitative estimate of drug-likeness (QED) is 0.168. The number of hydrogen-bond donors (Lipinski definition) is 4. The number of ether oxygens (including phenoxy) is 2. The summed E-state index contributed by atoms with van der Waals surface area (Å²) in [5.41, 5.74) is 3.82. The average molecular weight is 420 g/mol. The van der Waals surface area contributed by atoms with Crippen molar-refractivity contribution in [2.45, 2.75) is 37.2 Å². The van der Waals surface area contributed by atoms with Gasteiger partial charge in [-0.2, -0.15) is 4.89 Å². The SMILES string of the molecule is C[C@@H](OC1CC(n2cc(C#CCN)c(=O)[nH]c2=O)OC1C[P+](=O)O)SS. The normalized spacial score (nSPS) is 24.0. The van der Waals surface area contributed by atoms with Crippen LogP contribution in [-0.2, 0) is 14.0 Å². The molecule has 2 heterocycles. The maximum Gasteiger partial charge on any atom is 0.508 e. The van der Waals surface area contributed by atoms with E-state index in [-0.39, 0.29) is 30.1 Å². The van der Waals surface area contributed by atoms with E-state index >= 15 is 0 Å². The summed E-state index contributed by atoms with van der Waals surface area (Å²) in [6.07, 6.45) is -0.503. The fourth-order valence-corrected chi connectivity index (χ4v) is 3.51. The van der Waals surface area contributed by atoms with Crippen LogP contribution >= 0.6 is 30.5 Å². The third-order valence-electron chi connectivity index (χ3n) is 3.63. The molecule has 4 N–H and O–H groups in total. The zero-order chi connectivity index (χ0) is 19.3. The minimum atomic E-state index is -2.44. The molecule has 5 atom stereocenters. The van der Waals surface area contributed by atoms with E-state index in [9.17, 15) is 19.0 Å². The zero-order valence-corrected chi connectivity index (χ0v) is 16.4. The molecule has 1 saturated heterocycles. The van der Waals surface area contributed by atoms with Crippen molar-refractivity contribution in [3.05, 3.63) is 32.6 Å². The zero-order valence-electron chi connectivity index (χ0n) is 13.8. The molecule has 0 aliphatic carbocycles. The van der Waals surface area contributed by atoms with Crippen LogP contribution < -0.4 is 17.0 Å². The minimum absolute atomic E-state index is 0.0688. The van der Waals surface area contributed by atoms with E-state index in [4.69, 9.17) is 15.2 Å². The molecule has 0 spiro atoms. The monoisotopic (exact) mass is 420 g/mol. The van der Waals surface area contributed by atoms with Gasteiger partial charge in [0.25, 0.3) is 5.56 Å². The Morgan fingerprint density at radius 3 is 3.00 bits per heavy atom. The highest BCUT2D eigenvalue weighted by Crippen LogP contribution is 2.35. The molecule has 1 aliphatic rings. The third kappa shape index (κ3) is 5.44. The first kappa shape index (κ1) is 21.2. The average Bonchev–Trinajstić information content (AvgIpc) is 2.95. The lowest BCUT2D eigenvalue weighted by Crippen LogP contribution is -2.33. The van der Waals surface area contributed by atoms with Crippen LogP contribution in [0.4, 0.5) is 0 Å². The van der Waals surface area contributed by atoms with E-state index in [1.807, 2.05) is 0 Å². The topological polar surface area (TPSA) is 137 Å². The van der Waals surface area contributed by atoms with Gasteiger partial charge in [0.1, 0.15) is 23.3 Å². The number of thiol groups is 1. The van der Waals surface area contributed by atoms with Gasteiger partial charge in [-0.15, -0.1) is 11.7 Å². The Balaban J connectivity index is 2.32. The Hall–Kier alpha value is -1.12. The summed E-state index contributed by atoms with van der Waals surface area (Å²) >= 11 is 4.08. The molecular weight excluding hydrogens is 401 g/mol. The van der Waals surface area contributed by atoms with Crippen LogP contribution in [0.3, 0.4) is 0 Å². The summed E-state index contributed by atoms with van der Waals surface area (Å²) in [6.45, 7) is 1.85. The van der Waals surface area contributed by atoms with Crippen LogP contribution in [0.5, 0.6) is 0 Å². The molecule has 0 radical (unpaired) electrons. The van der Waals surface area contributed by atoms with Crippen LogP contribution in [0.25, 0.3) is 0 Å². The fraction of sp³-hybridized carbons (Fsp3) is 0.571. The van der Waals surface area contributed by atoms with E-state index in [0.29, 0.717) is 0 Å². The molecule has 4 unspecified atom stereocenters. The fourth-order valence-electron chi connectivity index (χ4n) is 2.54. The lowest BCUT2D eigenvalue weighted by Gasteiger charge is -2.18. The highest BCUT2D eigenvalue weighted by molar-refractivity contribution is 8.68. The molecule has 0 aromatic carbocycles. The molecule has 9 nitrogen and oxygen atoms in total. The summed E-state index contributed by atoms with van der Waals surface area (Å²) in [4.78, 5) is 35.4. The van der Waals surface area contributed by atoms with Crippen molar-refractivity contribution in [3.8, 4) is 11.8 Å². The largest absolute Gasteiger partial charge is 0.508 e. The lowest BCUT2D eigenvalue weighted by molar-refractivity contribution is -0.0313. The molecule has 0 saturated carbocycles. The van der Waals surface area contributed by atoms with Crippen molar-refractivity contribution < 1.29 is 18.9 Å². The number of aromatic amines is 1. The number of hydrogen-bond acceptors (Lipinski definition) is 8. The number of rotatable bonds is 6. The first-order chi connectivity index (χ1) is 12.3. The van der Waals surface area contributed by atoms with Gasteiger partial charge in [-0.3, -0.25) is 14.3 Å². The minimum Gasteiger partial charge on any atom is -0.361 e. The standard InChI is InChI=1S/C14H18N3O6PS2/c1-8(26-25)22-10-5-12(23-11(10)7-24(20)21)17-6-9(3-2-4-15)13(18)16-14(17)19/h6,8,10-12H,4-5,7,15H2,1H3,(H2-,16,18,19,20,21,25)/p+1/t8-,10?,11?,12?/m0/s1. The maximum absolute atomic E-state index is 12.2. The van der Waals surface area contributed by atoms with Gasteiger partial charge in [0.2, 0.25) is 6.16 Å². The molecule has 2 rings (SSSR count). The number of H-pyrrole nitrogens is 1. The Labute approximate surface area is 159 Å². The number of nitrogens with one attached hydrogen (secondary N) is 1. The molecule has 1 aliphatic heterocycles. The number of aromatic nitrogens is 2. The molecule has 1 aromatic heterocycles. The van der Waals surface area contributed by atoms with Crippen LogP contribution in [0.15, 0.2) is 15.8 Å². The molecular formula is C14H19N3O6PS2+. The van der Waals surface area contributed by atoms with E-state index in [1.54, 1.807) is 6.92 Å². The second kappa shape index (κ2) is 9.71.